The largest absolute Gasteiger partial charge is 0.465 e. The summed E-state index contributed by atoms with van der Waals surface area (Å²) in [7, 11) is 1.32. The second kappa shape index (κ2) is 5.12. The van der Waals surface area contributed by atoms with Gasteiger partial charge in [-0.1, -0.05) is 0 Å². The average molecular weight is 328 g/mol. The maximum absolute atomic E-state index is 11.9. The van der Waals surface area contributed by atoms with Crippen LogP contribution in [-0.4, -0.2) is 25.5 Å². The van der Waals surface area contributed by atoms with Crippen LogP contribution in [0.3, 0.4) is 0 Å². The second-order valence-corrected chi connectivity index (χ2v) is 5.56. The minimum atomic E-state index is -0.447. The molecule has 0 N–H and O–H groups in total. The fourth-order valence-corrected chi connectivity index (χ4v) is 3.52. The van der Waals surface area contributed by atoms with E-state index in [-0.39, 0.29) is 11.8 Å². The molecule has 0 bridgehead atoms. The van der Waals surface area contributed by atoms with Crippen molar-refractivity contribution in [1.29, 1.82) is 0 Å². The molecule has 2 rings (SSSR count). The van der Waals surface area contributed by atoms with E-state index in [2.05, 4.69) is 21.9 Å². The Bertz CT molecular complexity index is 546. The molecule has 18 heavy (non-hydrogen) atoms. The van der Waals surface area contributed by atoms with Gasteiger partial charge in [-0.25, -0.2) is 4.79 Å². The first kappa shape index (κ1) is 13.1. The number of amides is 1. The summed E-state index contributed by atoms with van der Waals surface area (Å²) in [4.78, 5) is 25.5. The molecule has 1 amide bonds. The summed E-state index contributed by atoms with van der Waals surface area (Å²) in [6, 6.07) is 0. The summed E-state index contributed by atoms with van der Waals surface area (Å²) in [5.41, 5.74) is 0.564. The second-order valence-electron chi connectivity index (χ2n) is 3.83. The smallest absolute Gasteiger partial charge is 0.350 e. The van der Waals surface area contributed by atoms with E-state index in [4.69, 9.17) is 11.2 Å². The van der Waals surface area contributed by atoms with E-state index in [1.54, 1.807) is 10.3 Å². The predicted octanol–water partition coefficient (Wildman–Crippen LogP) is 2.28. The Morgan fingerprint density at radius 1 is 1.72 bits per heavy atom. The van der Waals surface area contributed by atoms with Crippen LogP contribution >= 0.6 is 27.3 Å². The topological polar surface area (TPSA) is 46.6 Å². The number of halogens is 1. The van der Waals surface area contributed by atoms with Crippen LogP contribution in [0.5, 0.6) is 0 Å². The molecule has 0 aliphatic carbocycles. The molecule has 0 spiro atoms. The number of nitrogens with zero attached hydrogens (tertiary/aromatic N) is 1. The van der Waals surface area contributed by atoms with Crippen LogP contribution in [0.15, 0.2) is 9.85 Å². The molecule has 0 aromatic carbocycles. The van der Waals surface area contributed by atoms with Crippen molar-refractivity contribution in [3.05, 3.63) is 14.7 Å². The predicted molar refractivity (Wildman–Crippen MR) is 72.7 cm³/mol. The van der Waals surface area contributed by atoms with Gasteiger partial charge in [0.2, 0.25) is 5.91 Å². The van der Waals surface area contributed by atoms with Crippen molar-refractivity contribution in [3.8, 4) is 12.3 Å². The van der Waals surface area contributed by atoms with Crippen molar-refractivity contribution in [2.75, 3.05) is 18.6 Å². The molecule has 1 aromatic rings. The molecule has 1 saturated heterocycles. The third kappa shape index (κ3) is 2.16. The van der Waals surface area contributed by atoms with Crippen LogP contribution < -0.4 is 4.90 Å². The Labute approximate surface area is 117 Å². The molecule has 0 saturated carbocycles. The summed E-state index contributed by atoms with van der Waals surface area (Å²) in [5.74, 6) is 1.96. The van der Waals surface area contributed by atoms with Gasteiger partial charge in [0.25, 0.3) is 0 Å². The van der Waals surface area contributed by atoms with E-state index in [0.717, 1.165) is 0 Å². The third-order valence-electron chi connectivity index (χ3n) is 2.72. The maximum atomic E-state index is 11.9. The zero-order valence-corrected chi connectivity index (χ0v) is 12.0. The number of anilines is 1. The molecule has 94 valence electrons. The van der Waals surface area contributed by atoms with Gasteiger partial charge >= 0.3 is 5.97 Å². The molecule has 4 nitrogen and oxygen atoms in total. The van der Waals surface area contributed by atoms with Gasteiger partial charge in [0.15, 0.2) is 0 Å². The zero-order valence-electron chi connectivity index (χ0n) is 9.60. The van der Waals surface area contributed by atoms with Crippen molar-refractivity contribution < 1.29 is 14.3 Å². The molecule has 1 aliphatic heterocycles. The number of hydrogen-bond acceptors (Lipinski definition) is 4. The number of carbonyl (C=O) groups excluding carboxylic acids is 2. The lowest BCUT2D eigenvalue weighted by atomic mass is 10.1. The Balaban J connectivity index is 2.40. The summed E-state index contributed by atoms with van der Waals surface area (Å²) < 4.78 is 5.42. The SMILES string of the molecule is C#CC1CC(=O)N(c2c(Br)csc2C(=O)OC)C1. The van der Waals surface area contributed by atoms with Gasteiger partial charge in [-0.3, -0.25) is 4.79 Å². The summed E-state index contributed by atoms with van der Waals surface area (Å²) in [5, 5.41) is 1.76. The Morgan fingerprint density at radius 3 is 3.00 bits per heavy atom. The molecule has 1 aromatic heterocycles. The zero-order chi connectivity index (χ0) is 13.3. The Morgan fingerprint density at radius 2 is 2.44 bits per heavy atom. The number of esters is 1. The van der Waals surface area contributed by atoms with Gasteiger partial charge in [-0.05, 0) is 15.9 Å². The summed E-state index contributed by atoms with van der Waals surface area (Å²) in [6.45, 7) is 0.439. The van der Waals surface area contributed by atoms with E-state index in [1.807, 2.05) is 0 Å². The standard InChI is InChI=1S/C12H10BrNO3S/c1-3-7-4-9(15)14(5-7)10-8(13)6-18-11(10)12(16)17-2/h1,6-7H,4-5H2,2H3. The van der Waals surface area contributed by atoms with Gasteiger partial charge in [-0.2, -0.15) is 0 Å². The number of rotatable bonds is 2. The van der Waals surface area contributed by atoms with Gasteiger partial charge in [0, 0.05) is 24.3 Å². The monoisotopic (exact) mass is 327 g/mol. The molecule has 1 aliphatic rings. The summed E-state index contributed by atoms with van der Waals surface area (Å²) in [6.07, 6.45) is 5.66. The number of methoxy groups -OCH3 is 1. The molecule has 1 atom stereocenters. The highest BCUT2D eigenvalue weighted by atomic mass is 79.9. The van der Waals surface area contributed by atoms with Gasteiger partial charge in [-0.15, -0.1) is 23.7 Å². The van der Waals surface area contributed by atoms with E-state index in [1.165, 1.54) is 18.4 Å². The van der Waals surface area contributed by atoms with Crippen molar-refractivity contribution in [3.63, 3.8) is 0 Å². The molecule has 1 fully saturated rings. The van der Waals surface area contributed by atoms with Crippen LogP contribution in [-0.2, 0) is 9.53 Å². The van der Waals surface area contributed by atoms with Crippen LogP contribution in [0.2, 0.25) is 0 Å². The highest BCUT2D eigenvalue weighted by molar-refractivity contribution is 9.10. The van der Waals surface area contributed by atoms with Crippen LogP contribution in [0.1, 0.15) is 16.1 Å². The molecular formula is C12H10BrNO3S. The number of terminal acetylenes is 1. The van der Waals surface area contributed by atoms with E-state index in [9.17, 15) is 9.59 Å². The summed E-state index contributed by atoms with van der Waals surface area (Å²) >= 11 is 4.59. The molecular weight excluding hydrogens is 318 g/mol. The van der Waals surface area contributed by atoms with E-state index < -0.39 is 5.97 Å². The van der Waals surface area contributed by atoms with Crippen LogP contribution in [0.4, 0.5) is 5.69 Å². The van der Waals surface area contributed by atoms with Crippen molar-refractivity contribution in [2.24, 2.45) is 5.92 Å². The highest BCUT2D eigenvalue weighted by Gasteiger charge is 2.34. The maximum Gasteiger partial charge on any atom is 0.350 e. The number of hydrogen-bond donors (Lipinski definition) is 0. The number of ether oxygens (including phenoxy) is 1. The van der Waals surface area contributed by atoms with Crippen molar-refractivity contribution in [1.82, 2.24) is 0 Å². The highest BCUT2D eigenvalue weighted by Crippen LogP contribution is 2.39. The lowest BCUT2D eigenvalue weighted by molar-refractivity contribution is -0.117. The third-order valence-corrected chi connectivity index (χ3v) is 4.58. The first-order valence-corrected chi connectivity index (χ1v) is 6.87. The number of thiophene rings is 1. The molecule has 1 unspecified atom stereocenters. The Hall–Kier alpha value is -1.32. The number of carbonyl (C=O) groups is 2. The minimum absolute atomic E-state index is 0.0674. The quantitative estimate of drug-likeness (QED) is 0.618. The molecule has 0 radical (unpaired) electrons. The molecule has 6 heteroatoms. The van der Waals surface area contributed by atoms with Crippen LogP contribution in [0.25, 0.3) is 0 Å². The van der Waals surface area contributed by atoms with E-state index >= 15 is 0 Å². The minimum Gasteiger partial charge on any atom is -0.465 e. The van der Waals surface area contributed by atoms with Gasteiger partial charge in [0.05, 0.1) is 17.3 Å². The Kier molecular flexibility index (Phi) is 3.73. The average Bonchev–Trinajstić information content (AvgIpc) is 2.91. The van der Waals surface area contributed by atoms with Crippen LogP contribution in [0, 0.1) is 18.3 Å². The fraction of sp³-hybridized carbons (Fsp3) is 0.333. The lowest BCUT2D eigenvalue weighted by Gasteiger charge is -2.16. The lowest BCUT2D eigenvalue weighted by Crippen LogP contribution is -2.26. The van der Waals surface area contributed by atoms with Crippen molar-refractivity contribution in [2.45, 2.75) is 6.42 Å². The normalized spacial score (nSPS) is 18.8. The fourth-order valence-electron chi connectivity index (χ4n) is 1.86. The molecule has 2 heterocycles. The van der Waals surface area contributed by atoms with E-state index in [0.29, 0.717) is 28.0 Å². The van der Waals surface area contributed by atoms with Gasteiger partial charge in [0.1, 0.15) is 4.88 Å². The first-order valence-electron chi connectivity index (χ1n) is 5.20. The first-order chi connectivity index (χ1) is 8.58. The van der Waals surface area contributed by atoms with Crippen molar-refractivity contribution >= 4 is 44.8 Å². The van der Waals surface area contributed by atoms with Gasteiger partial charge < -0.3 is 9.64 Å².